The molecule has 0 bridgehead atoms. The van der Waals surface area contributed by atoms with Gasteiger partial charge in [0.25, 0.3) is 0 Å². The van der Waals surface area contributed by atoms with Crippen molar-refractivity contribution in [1.82, 2.24) is 10.3 Å². The number of aromatic nitrogens is 1. The number of hydrogen-bond acceptors (Lipinski definition) is 2. The van der Waals surface area contributed by atoms with Crippen LogP contribution in [-0.4, -0.2) is 17.2 Å². The summed E-state index contributed by atoms with van der Waals surface area (Å²) < 4.78 is 38.3. The fraction of sp³-hybridized carbons (Fsp3) is 0.667. The molecule has 2 rings (SSSR count). The number of pyridine rings is 1. The van der Waals surface area contributed by atoms with Gasteiger partial charge >= 0.3 is 6.18 Å². The van der Waals surface area contributed by atoms with Crippen molar-refractivity contribution in [2.24, 2.45) is 5.92 Å². The Balaban J connectivity index is 1.90. The third-order valence-electron chi connectivity index (χ3n) is 4.06. The third kappa shape index (κ3) is 3.95. The molecule has 2 nitrogen and oxygen atoms in total. The van der Waals surface area contributed by atoms with Gasteiger partial charge in [0.05, 0.1) is 11.6 Å². The van der Waals surface area contributed by atoms with Gasteiger partial charge in [-0.1, -0.05) is 19.4 Å². The summed E-state index contributed by atoms with van der Waals surface area (Å²) in [5, 5.41) is 3.25. The van der Waals surface area contributed by atoms with E-state index in [1.807, 2.05) is 12.1 Å². The van der Waals surface area contributed by atoms with Gasteiger partial charge in [0.1, 0.15) is 0 Å². The lowest BCUT2D eigenvalue weighted by molar-refractivity contribution is -0.183. The Morgan fingerprint density at radius 2 is 2.15 bits per heavy atom. The minimum Gasteiger partial charge on any atom is -0.308 e. The number of halogens is 3. The summed E-state index contributed by atoms with van der Waals surface area (Å²) >= 11 is 0. The fourth-order valence-electron chi connectivity index (χ4n) is 2.87. The van der Waals surface area contributed by atoms with Crippen LogP contribution in [0.25, 0.3) is 0 Å². The zero-order valence-corrected chi connectivity index (χ0v) is 11.7. The molecular formula is C15H21F3N2. The molecule has 0 spiro atoms. The number of hydrogen-bond donors (Lipinski definition) is 1. The molecule has 0 aliphatic heterocycles. The number of alkyl halides is 3. The van der Waals surface area contributed by atoms with Crippen LogP contribution in [0.1, 0.15) is 43.9 Å². The van der Waals surface area contributed by atoms with Crippen LogP contribution in [0.3, 0.4) is 0 Å². The number of aryl methyl sites for hydroxylation is 1. The van der Waals surface area contributed by atoms with E-state index in [1.165, 1.54) is 0 Å². The van der Waals surface area contributed by atoms with Gasteiger partial charge in [-0.3, -0.25) is 4.98 Å². The first-order valence-corrected chi connectivity index (χ1v) is 7.23. The second-order valence-electron chi connectivity index (χ2n) is 5.45. The molecule has 2 unspecified atom stereocenters. The van der Waals surface area contributed by atoms with Crippen LogP contribution in [0.4, 0.5) is 13.2 Å². The summed E-state index contributed by atoms with van der Waals surface area (Å²) in [7, 11) is 0. The summed E-state index contributed by atoms with van der Waals surface area (Å²) in [5.41, 5.74) is 2.10. The van der Waals surface area contributed by atoms with Crippen molar-refractivity contribution in [2.45, 2.75) is 57.8 Å². The second-order valence-corrected chi connectivity index (χ2v) is 5.45. The predicted molar refractivity (Wildman–Crippen MR) is 72.3 cm³/mol. The van der Waals surface area contributed by atoms with Crippen LogP contribution in [0.5, 0.6) is 0 Å². The molecule has 1 saturated carbocycles. The van der Waals surface area contributed by atoms with Crippen molar-refractivity contribution >= 4 is 0 Å². The zero-order chi connectivity index (χ0) is 14.6. The Labute approximate surface area is 117 Å². The van der Waals surface area contributed by atoms with E-state index < -0.39 is 12.1 Å². The smallest absolute Gasteiger partial charge is 0.308 e. The Morgan fingerprint density at radius 3 is 2.85 bits per heavy atom. The van der Waals surface area contributed by atoms with Crippen LogP contribution < -0.4 is 5.32 Å². The number of rotatable bonds is 4. The third-order valence-corrected chi connectivity index (χ3v) is 4.06. The molecule has 1 aromatic heterocycles. The zero-order valence-electron chi connectivity index (χ0n) is 11.7. The Bertz CT molecular complexity index is 431. The summed E-state index contributed by atoms with van der Waals surface area (Å²) in [6, 6.07) is 3.86. The summed E-state index contributed by atoms with van der Waals surface area (Å²) in [5.74, 6) is -1.15. The molecule has 5 heteroatoms. The highest BCUT2D eigenvalue weighted by Crippen LogP contribution is 2.37. The lowest BCUT2D eigenvalue weighted by Crippen LogP contribution is -2.38. The summed E-state index contributed by atoms with van der Waals surface area (Å²) in [6.07, 6.45) is 0.491. The standard InChI is InChI=1S/C15H21F3N2/c1-2-11-5-4-8-19-14(11)10-20-13-7-3-6-12(9-13)15(16,17)18/h4-5,8,12-13,20H,2-3,6-7,9-10H2,1H3. The molecule has 1 aromatic rings. The number of nitrogens with one attached hydrogen (secondary N) is 1. The summed E-state index contributed by atoms with van der Waals surface area (Å²) in [4.78, 5) is 4.32. The van der Waals surface area contributed by atoms with Gasteiger partial charge in [-0.2, -0.15) is 13.2 Å². The van der Waals surface area contributed by atoms with Crippen LogP contribution >= 0.6 is 0 Å². The SMILES string of the molecule is CCc1cccnc1CNC1CCCC(C(F)(F)F)C1. The normalized spacial score (nSPS) is 23.8. The van der Waals surface area contributed by atoms with Crippen molar-refractivity contribution in [3.8, 4) is 0 Å². The molecule has 1 N–H and O–H groups in total. The maximum absolute atomic E-state index is 12.8. The van der Waals surface area contributed by atoms with E-state index in [9.17, 15) is 13.2 Å². The Hall–Kier alpha value is -1.10. The molecule has 20 heavy (non-hydrogen) atoms. The fourth-order valence-corrected chi connectivity index (χ4v) is 2.87. The van der Waals surface area contributed by atoms with Crippen LogP contribution in [0.2, 0.25) is 0 Å². The van der Waals surface area contributed by atoms with Crippen molar-refractivity contribution in [1.29, 1.82) is 0 Å². The van der Waals surface area contributed by atoms with E-state index in [-0.39, 0.29) is 18.9 Å². The molecule has 1 aliphatic rings. The van der Waals surface area contributed by atoms with Gasteiger partial charge in [-0.15, -0.1) is 0 Å². The van der Waals surface area contributed by atoms with E-state index in [4.69, 9.17) is 0 Å². The first kappa shape index (κ1) is 15.3. The average Bonchev–Trinajstić information content (AvgIpc) is 2.45. The monoisotopic (exact) mass is 286 g/mol. The lowest BCUT2D eigenvalue weighted by Gasteiger charge is -2.31. The van der Waals surface area contributed by atoms with E-state index in [0.29, 0.717) is 13.0 Å². The molecule has 1 heterocycles. The topological polar surface area (TPSA) is 24.9 Å². The van der Waals surface area contributed by atoms with E-state index >= 15 is 0 Å². The molecule has 0 saturated heterocycles. The predicted octanol–water partition coefficient (Wildman–Crippen LogP) is 3.85. The van der Waals surface area contributed by atoms with Crippen molar-refractivity contribution in [3.05, 3.63) is 29.6 Å². The van der Waals surface area contributed by atoms with Crippen molar-refractivity contribution in [2.75, 3.05) is 0 Å². The van der Waals surface area contributed by atoms with E-state index in [1.54, 1.807) is 6.20 Å². The molecule has 0 radical (unpaired) electrons. The first-order chi connectivity index (χ1) is 9.50. The molecule has 0 aromatic carbocycles. The first-order valence-electron chi connectivity index (χ1n) is 7.23. The van der Waals surface area contributed by atoms with E-state index in [2.05, 4.69) is 17.2 Å². The van der Waals surface area contributed by atoms with Crippen LogP contribution in [-0.2, 0) is 13.0 Å². The highest BCUT2D eigenvalue weighted by atomic mass is 19.4. The quantitative estimate of drug-likeness (QED) is 0.909. The largest absolute Gasteiger partial charge is 0.391 e. The van der Waals surface area contributed by atoms with Gasteiger partial charge < -0.3 is 5.32 Å². The van der Waals surface area contributed by atoms with E-state index in [0.717, 1.165) is 24.1 Å². The maximum atomic E-state index is 12.8. The molecular weight excluding hydrogens is 265 g/mol. The lowest BCUT2D eigenvalue weighted by atomic mass is 9.85. The molecule has 2 atom stereocenters. The second kappa shape index (κ2) is 6.57. The van der Waals surface area contributed by atoms with Gasteiger partial charge in [-0.05, 0) is 37.3 Å². The van der Waals surface area contributed by atoms with Gasteiger partial charge in [0.2, 0.25) is 0 Å². The molecule has 0 amide bonds. The van der Waals surface area contributed by atoms with Gasteiger partial charge in [0, 0.05) is 18.8 Å². The van der Waals surface area contributed by atoms with Crippen LogP contribution in [0, 0.1) is 5.92 Å². The van der Waals surface area contributed by atoms with Gasteiger partial charge in [-0.25, -0.2) is 0 Å². The molecule has 1 aliphatic carbocycles. The maximum Gasteiger partial charge on any atom is 0.391 e. The molecule has 1 fully saturated rings. The van der Waals surface area contributed by atoms with Gasteiger partial charge in [0.15, 0.2) is 0 Å². The summed E-state index contributed by atoms with van der Waals surface area (Å²) in [6.45, 7) is 2.61. The minimum absolute atomic E-state index is 0.0536. The highest BCUT2D eigenvalue weighted by molar-refractivity contribution is 5.19. The average molecular weight is 286 g/mol. The highest BCUT2D eigenvalue weighted by Gasteiger charge is 2.41. The Morgan fingerprint density at radius 1 is 1.35 bits per heavy atom. The Kier molecular flexibility index (Phi) is 5.02. The molecule has 112 valence electrons. The minimum atomic E-state index is -4.06. The van der Waals surface area contributed by atoms with Crippen molar-refractivity contribution < 1.29 is 13.2 Å². The van der Waals surface area contributed by atoms with Crippen LogP contribution in [0.15, 0.2) is 18.3 Å². The number of nitrogens with zero attached hydrogens (tertiary/aromatic N) is 1. The van der Waals surface area contributed by atoms with Crippen molar-refractivity contribution in [3.63, 3.8) is 0 Å².